The van der Waals surface area contributed by atoms with Crippen molar-refractivity contribution in [3.8, 4) is 0 Å². The molecular formula is C13H20N4O2. The van der Waals surface area contributed by atoms with Crippen molar-refractivity contribution in [3.63, 3.8) is 0 Å². The lowest BCUT2D eigenvalue weighted by atomic mass is 10.2. The van der Waals surface area contributed by atoms with E-state index in [2.05, 4.69) is 20.4 Å². The van der Waals surface area contributed by atoms with Crippen molar-refractivity contribution >= 4 is 11.9 Å². The van der Waals surface area contributed by atoms with E-state index in [1.54, 1.807) is 13.8 Å². The van der Waals surface area contributed by atoms with Crippen LogP contribution in [-0.4, -0.2) is 40.6 Å². The molecule has 0 aromatic carbocycles. The fraction of sp³-hybridized carbons (Fsp3) is 0.615. The number of hydrogen-bond acceptors (Lipinski definition) is 6. The zero-order valence-corrected chi connectivity index (χ0v) is 11.5. The summed E-state index contributed by atoms with van der Waals surface area (Å²) >= 11 is 0. The summed E-state index contributed by atoms with van der Waals surface area (Å²) in [6.45, 7) is 5.92. The van der Waals surface area contributed by atoms with Crippen molar-refractivity contribution in [1.29, 1.82) is 0 Å². The quantitative estimate of drug-likeness (QED) is 0.836. The van der Waals surface area contributed by atoms with Gasteiger partial charge in [-0.2, -0.15) is 0 Å². The maximum atomic E-state index is 11.6. The maximum absolute atomic E-state index is 11.6. The van der Waals surface area contributed by atoms with Crippen LogP contribution in [0.4, 0.5) is 5.95 Å². The van der Waals surface area contributed by atoms with Crippen LogP contribution in [0.25, 0.3) is 0 Å². The topological polar surface area (TPSA) is 67.3 Å². The molecule has 1 saturated heterocycles. The van der Waals surface area contributed by atoms with E-state index in [1.165, 1.54) is 25.5 Å². The van der Waals surface area contributed by atoms with E-state index in [1.807, 2.05) is 0 Å². The maximum Gasteiger partial charge on any atom is 0.341 e. The second-order valence-corrected chi connectivity index (χ2v) is 4.57. The molecule has 1 fully saturated rings. The van der Waals surface area contributed by atoms with Gasteiger partial charge in [0.2, 0.25) is 5.95 Å². The first-order valence-electron chi connectivity index (χ1n) is 6.73. The SMILES string of the molecule is CCOC(=O)c1cnc(NN2CCCCC2)nc1C. The van der Waals surface area contributed by atoms with Crippen LogP contribution in [0.15, 0.2) is 6.20 Å². The number of nitrogens with zero attached hydrogens (tertiary/aromatic N) is 3. The highest BCUT2D eigenvalue weighted by Gasteiger charge is 2.15. The standard InChI is InChI=1S/C13H20N4O2/c1-3-19-12(18)11-9-14-13(15-10(11)2)16-17-7-5-4-6-8-17/h9H,3-8H2,1-2H3,(H,14,15,16). The molecule has 1 N–H and O–H groups in total. The largest absolute Gasteiger partial charge is 0.462 e. The van der Waals surface area contributed by atoms with Gasteiger partial charge < -0.3 is 4.74 Å². The number of nitrogens with one attached hydrogen (secondary N) is 1. The molecule has 0 bridgehead atoms. The lowest BCUT2D eigenvalue weighted by Crippen LogP contribution is -2.35. The number of hydrazine groups is 1. The van der Waals surface area contributed by atoms with Gasteiger partial charge in [0.1, 0.15) is 0 Å². The third kappa shape index (κ3) is 3.64. The zero-order valence-electron chi connectivity index (χ0n) is 11.5. The normalized spacial score (nSPS) is 16.1. The van der Waals surface area contributed by atoms with E-state index in [9.17, 15) is 4.79 Å². The smallest absolute Gasteiger partial charge is 0.341 e. The van der Waals surface area contributed by atoms with Crippen LogP contribution >= 0.6 is 0 Å². The highest BCUT2D eigenvalue weighted by atomic mass is 16.5. The van der Waals surface area contributed by atoms with Crippen molar-refractivity contribution < 1.29 is 9.53 Å². The Morgan fingerprint density at radius 2 is 2.16 bits per heavy atom. The molecule has 19 heavy (non-hydrogen) atoms. The van der Waals surface area contributed by atoms with E-state index < -0.39 is 0 Å². The monoisotopic (exact) mass is 264 g/mol. The van der Waals surface area contributed by atoms with Gasteiger partial charge in [-0.25, -0.2) is 19.8 Å². The van der Waals surface area contributed by atoms with Crippen LogP contribution in [0.1, 0.15) is 42.2 Å². The average molecular weight is 264 g/mol. The molecule has 1 aliphatic heterocycles. The number of carbonyl (C=O) groups is 1. The van der Waals surface area contributed by atoms with Gasteiger partial charge in [0, 0.05) is 19.3 Å². The van der Waals surface area contributed by atoms with Crippen molar-refractivity contribution in [3.05, 3.63) is 17.5 Å². The molecule has 0 atom stereocenters. The highest BCUT2D eigenvalue weighted by molar-refractivity contribution is 5.90. The average Bonchev–Trinajstić information content (AvgIpc) is 2.40. The number of piperidine rings is 1. The van der Waals surface area contributed by atoms with E-state index in [0.29, 0.717) is 23.8 Å². The Morgan fingerprint density at radius 3 is 2.79 bits per heavy atom. The molecule has 6 heteroatoms. The summed E-state index contributed by atoms with van der Waals surface area (Å²) in [7, 11) is 0. The number of ether oxygens (including phenoxy) is 1. The lowest BCUT2D eigenvalue weighted by molar-refractivity contribution is 0.0524. The summed E-state index contributed by atoms with van der Waals surface area (Å²) in [5, 5.41) is 2.11. The fourth-order valence-electron chi connectivity index (χ4n) is 2.08. The van der Waals surface area contributed by atoms with E-state index in [0.717, 1.165) is 13.1 Å². The van der Waals surface area contributed by atoms with Crippen LogP contribution in [0, 0.1) is 6.92 Å². The Morgan fingerprint density at radius 1 is 1.42 bits per heavy atom. The third-order valence-corrected chi connectivity index (χ3v) is 3.09. The fourth-order valence-corrected chi connectivity index (χ4v) is 2.08. The van der Waals surface area contributed by atoms with Gasteiger partial charge in [0.05, 0.1) is 17.9 Å². The van der Waals surface area contributed by atoms with Crippen molar-refractivity contribution in [2.45, 2.75) is 33.1 Å². The van der Waals surface area contributed by atoms with Crippen LogP contribution in [-0.2, 0) is 4.74 Å². The Hall–Kier alpha value is -1.69. The number of anilines is 1. The Kier molecular flexibility index (Phi) is 4.68. The molecule has 0 saturated carbocycles. The van der Waals surface area contributed by atoms with Crippen LogP contribution in [0.5, 0.6) is 0 Å². The van der Waals surface area contributed by atoms with E-state index >= 15 is 0 Å². The Labute approximate surface area is 113 Å². The van der Waals surface area contributed by atoms with Crippen molar-refractivity contribution in [2.24, 2.45) is 0 Å². The second-order valence-electron chi connectivity index (χ2n) is 4.57. The molecular weight excluding hydrogens is 244 g/mol. The predicted molar refractivity (Wildman–Crippen MR) is 71.8 cm³/mol. The minimum atomic E-state index is -0.371. The van der Waals surface area contributed by atoms with E-state index in [-0.39, 0.29) is 5.97 Å². The summed E-state index contributed by atoms with van der Waals surface area (Å²) in [6.07, 6.45) is 5.17. The molecule has 1 aliphatic rings. The lowest BCUT2D eigenvalue weighted by Gasteiger charge is -2.26. The zero-order chi connectivity index (χ0) is 13.7. The number of aryl methyl sites for hydroxylation is 1. The van der Waals surface area contributed by atoms with Gasteiger partial charge in [-0.1, -0.05) is 6.42 Å². The predicted octanol–water partition coefficient (Wildman–Crippen LogP) is 1.77. The van der Waals surface area contributed by atoms with Crippen molar-refractivity contribution in [2.75, 3.05) is 25.1 Å². The first kappa shape index (κ1) is 13.7. The number of aromatic nitrogens is 2. The number of esters is 1. The molecule has 0 radical (unpaired) electrons. The van der Waals surface area contributed by atoms with Crippen LogP contribution in [0.3, 0.4) is 0 Å². The van der Waals surface area contributed by atoms with Crippen molar-refractivity contribution in [1.82, 2.24) is 15.0 Å². The minimum absolute atomic E-state index is 0.353. The summed E-state index contributed by atoms with van der Waals surface area (Å²) in [4.78, 5) is 20.1. The van der Waals surface area contributed by atoms with Gasteiger partial charge in [-0.15, -0.1) is 0 Å². The summed E-state index contributed by atoms with van der Waals surface area (Å²) in [6, 6.07) is 0. The molecule has 0 amide bonds. The molecule has 2 heterocycles. The first-order chi connectivity index (χ1) is 9.20. The highest BCUT2D eigenvalue weighted by Crippen LogP contribution is 2.12. The van der Waals surface area contributed by atoms with Gasteiger partial charge in [-0.3, -0.25) is 5.43 Å². The number of hydrogen-bond donors (Lipinski definition) is 1. The molecule has 6 nitrogen and oxygen atoms in total. The van der Waals surface area contributed by atoms with Gasteiger partial charge >= 0.3 is 5.97 Å². The molecule has 104 valence electrons. The molecule has 0 aliphatic carbocycles. The second kappa shape index (κ2) is 6.47. The van der Waals surface area contributed by atoms with Gasteiger partial charge in [0.25, 0.3) is 0 Å². The van der Waals surface area contributed by atoms with Gasteiger partial charge in [0.15, 0.2) is 0 Å². The molecule has 0 unspecified atom stereocenters. The molecule has 2 rings (SSSR count). The molecule has 1 aromatic heterocycles. The molecule has 0 spiro atoms. The summed E-state index contributed by atoms with van der Waals surface area (Å²) in [5.74, 6) is 0.164. The summed E-state index contributed by atoms with van der Waals surface area (Å²) < 4.78 is 4.95. The number of carbonyl (C=O) groups excluding carboxylic acids is 1. The van der Waals surface area contributed by atoms with E-state index in [4.69, 9.17) is 4.74 Å². The Balaban J connectivity index is 2.03. The van der Waals surface area contributed by atoms with Crippen LogP contribution in [0.2, 0.25) is 0 Å². The Bertz CT molecular complexity index is 444. The third-order valence-electron chi connectivity index (χ3n) is 3.09. The first-order valence-corrected chi connectivity index (χ1v) is 6.73. The minimum Gasteiger partial charge on any atom is -0.462 e. The number of rotatable bonds is 4. The summed E-state index contributed by atoms with van der Waals surface area (Å²) in [5.41, 5.74) is 4.23. The molecule has 1 aromatic rings. The van der Waals surface area contributed by atoms with Gasteiger partial charge in [-0.05, 0) is 26.7 Å². The van der Waals surface area contributed by atoms with Crippen LogP contribution < -0.4 is 5.43 Å².